The van der Waals surface area contributed by atoms with Crippen LogP contribution in [0.1, 0.15) is 11.3 Å². The molecule has 2 heterocycles. The summed E-state index contributed by atoms with van der Waals surface area (Å²) in [7, 11) is 0. The van der Waals surface area contributed by atoms with Crippen molar-refractivity contribution in [2.45, 2.75) is 6.61 Å². The smallest absolute Gasteiger partial charge is 0.331 e. The van der Waals surface area contributed by atoms with Crippen molar-refractivity contribution in [1.82, 2.24) is 9.38 Å². The van der Waals surface area contributed by atoms with Crippen LogP contribution >= 0.6 is 22.9 Å². The Morgan fingerprint density at radius 2 is 2.29 bits per heavy atom. The number of hydrogen-bond acceptors (Lipinski definition) is 5. The van der Waals surface area contributed by atoms with E-state index in [4.69, 9.17) is 16.3 Å². The second-order valence-electron chi connectivity index (χ2n) is 4.72. The Kier molecular flexibility index (Phi) is 4.73. The van der Waals surface area contributed by atoms with Crippen molar-refractivity contribution in [3.8, 4) is 0 Å². The number of esters is 1. The Morgan fingerprint density at radius 3 is 3.08 bits per heavy atom. The Balaban J connectivity index is 1.68. The van der Waals surface area contributed by atoms with Gasteiger partial charge in [-0.05, 0) is 18.2 Å². The number of aromatic nitrogens is 2. The summed E-state index contributed by atoms with van der Waals surface area (Å²) in [5.41, 5.74) is 0.196. The molecule has 0 atom stereocenters. The number of rotatable bonds is 4. The van der Waals surface area contributed by atoms with Crippen molar-refractivity contribution in [3.63, 3.8) is 0 Å². The lowest BCUT2D eigenvalue weighted by atomic mass is 10.2. The van der Waals surface area contributed by atoms with Crippen LogP contribution in [-0.4, -0.2) is 15.4 Å². The predicted octanol–water partition coefficient (Wildman–Crippen LogP) is 3.31. The van der Waals surface area contributed by atoms with Gasteiger partial charge in [-0.3, -0.25) is 9.20 Å². The molecule has 0 aliphatic carbocycles. The normalized spacial score (nSPS) is 11.2. The number of halogens is 2. The summed E-state index contributed by atoms with van der Waals surface area (Å²) in [4.78, 5) is 28.3. The SMILES string of the molecule is O=C(/C=C/c1c(F)cccc1Cl)OCc1cc(=O)n2ccsc2n1. The van der Waals surface area contributed by atoms with Crippen molar-refractivity contribution in [3.05, 3.63) is 74.4 Å². The number of ether oxygens (including phenoxy) is 1. The topological polar surface area (TPSA) is 60.7 Å². The van der Waals surface area contributed by atoms with E-state index in [9.17, 15) is 14.0 Å². The van der Waals surface area contributed by atoms with Crippen LogP contribution in [0.2, 0.25) is 5.02 Å². The highest BCUT2D eigenvalue weighted by Crippen LogP contribution is 2.20. The van der Waals surface area contributed by atoms with Gasteiger partial charge in [-0.25, -0.2) is 14.2 Å². The fraction of sp³-hybridized carbons (Fsp3) is 0.0625. The van der Waals surface area contributed by atoms with E-state index >= 15 is 0 Å². The number of benzene rings is 1. The van der Waals surface area contributed by atoms with E-state index in [1.165, 1.54) is 46.1 Å². The van der Waals surface area contributed by atoms with Crippen LogP contribution in [0.3, 0.4) is 0 Å². The molecule has 0 bridgehead atoms. The van der Waals surface area contributed by atoms with Crippen LogP contribution in [0.15, 0.2) is 46.7 Å². The van der Waals surface area contributed by atoms with Gasteiger partial charge < -0.3 is 4.74 Å². The first kappa shape index (κ1) is 16.4. The summed E-state index contributed by atoms with van der Waals surface area (Å²) < 4.78 is 20.0. The molecule has 0 aliphatic rings. The molecule has 1 aromatic carbocycles. The third kappa shape index (κ3) is 3.52. The summed E-state index contributed by atoms with van der Waals surface area (Å²) in [6.07, 6.45) is 3.93. The number of carbonyl (C=O) groups is 1. The lowest BCUT2D eigenvalue weighted by Gasteiger charge is -2.02. The molecular weight excluding hydrogens is 355 g/mol. The van der Waals surface area contributed by atoms with Gasteiger partial charge >= 0.3 is 5.97 Å². The van der Waals surface area contributed by atoms with E-state index in [1.54, 1.807) is 11.6 Å². The Labute approximate surface area is 144 Å². The summed E-state index contributed by atoms with van der Waals surface area (Å²) >= 11 is 7.16. The highest BCUT2D eigenvalue weighted by molar-refractivity contribution is 7.15. The molecule has 3 aromatic rings. The predicted molar refractivity (Wildman–Crippen MR) is 89.6 cm³/mol. The van der Waals surface area contributed by atoms with Crippen LogP contribution in [0.5, 0.6) is 0 Å². The van der Waals surface area contributed by atoms with Crippen LogP contribution in [0.25, 0.3) is 11.0 Å². The molecule has 0 fully saturated rings. The second kappa shape index (κ2) is 6.94. The van der Waals surface area contributed by atoms with Crippen LogP contribution in [0.4, 0.5) is 4.39 Å². The van der Waals surface area contributed by atoms with Gasteiger partial charge in [0.1, 0.15) is 12.4 Å². The monoisotopic (exact) mass is 364 g/mol. The van der Waals surface area contributed by atoms with Gasteiger partial charge in [0.15, 0.2) is 4.96 Å². The number of hydrogen-bond donors (Lipinski definition) is 0. The van der Waals surface area contributed by atoms with Crippen molar-refractivity contribution in [1.29, 1.82) is 0 Å². The quantitative estimate of drug-likeness (QED) is 0.526. The van der Waals surface area contributed by atoms with E-state index in [0.717, 1.165) is 6.08 Å². The summed E-state index contributed by atoms with van der Waals surface area (Å²) in [6, 6.07) is 5.52. The van der Waals surface area contributed by atoms with Gasteiger partial charge in [0.2, 0.25) is 0 Å². The van der Waals surface area contributed by atoms with E-state index < -0.39 is 11.8 Å². The molecule has 24 heavy (non-hydrogen) atoms. The first-order valence-electron chi connectivity index (χ1n) is 6.79. The number of nitrogens with zero attached hydrogens (tertiary/aromatic N) is 2. The average Bonchev–Trinajstić information content (AvgIpc) is 3.01. The molecule has 8 heteroatoms. The van der Waals surface area contributed by atoms with Crippen molar-refractivity contribution >= 4 is 39.9 Å². The second-order valence-corrected chi connectivity index (χ2v) is 6.00. The highest BCUT2D eigenvalue weighted by atomic mass is 35.5. The maximum Gasteiger partial charge on any atom is 0.331 e. The van der Waals surface area contributed by atoms with E-state index in [1.807, 2.05) is 0 Å². The largest absolute Gasteiger partial charge is 0.456 e. The van der Waals surface area contributed by atoms with Gasteiger partial charge in [-0.15, -0.1) is 11.3 Å². The third-order valence-electron chi connectivity index (χ3n) is 3.10. The molecular formula is C16H10ClFN2O3S. The summed E-state index contributed by atoms with van der Waals surface area (Å²) in [5.74, 6) is -1.23. The minimum absolute atomic E-state index is 0.104. The standard InChI is InChI=1S/C16H10ClFN2O3S/c17-12-2-1-3-13(18)11(12)4-5-15(22)23-9-10-8-14(21)20-6-7-24-16(20)19-10/h1-8H,9H2/b5-4+. The number of fused-ring (bicyclic) bond motifs is 1. The molecule has 0 aliphatic heterocycles. The van der Waals surface area contributed by atoms with Crippen molar-refractivity contribution in [2.75, 3.05) is 0 Å². The number of thiazole rings is 1. The maximum absolute atomic E-state index is 13.6. The Bertz CT molecular complexity index is 976. The molecule has 3 rings (SSSR count). The maximum atomic E-state index is 13.6. The van der Waals surface area contributed by atoms with Gasteiger partial charge in [-0.2, -0.15) is 0 Å². The zero-order valence-electron chi connectivity index (χ0n) is 12.1. The Hall–Kier alpha value is -2.51. The van der Waals surface area contributed by atoms with E-state index in [2.05, 4.69) is 4.98 Å². The van der Waals surface area contributed by atoms with Crippen LogP contribution in [0, 0.1) is 5.82 Å². The summed E-state index contributed by atoms with van der Waals surface area (Å²) in [6.45, 7) is -0.155. The third-order valence-corrected chi connectivity index (χ3v) is 4.19. The molecule has 0 saturated heterocycles. The Morgan fingerprint density at radius 1 is 1.46 bits per heavy atom. The fourth-order valence-corrected chi connectivity index (χ4v) is 2.94. The molecule has 122 valence electrons. The molecule has 0 saturated carbocycles. The van der Waals surface area contributed by atoms with E-state index in [0.29, 0.717) is 10.7 Å². The fourth-order valence-electron chi connectivity index (χ4n) is 1.98. The molecule has 0 unspecified atom stereocenters. The molecule has 5 nitrogen and oxygen atoms in total. The minimum atomic E-state index is -0.692. The first-order valence-corrected chi connectivity index (χ1v) is 8.05. The average molecular weight is 365 g/mol. The van der Waals surface area contributed by atoms with Crippen molar-refractivity contribution in [2.24, 2.45) is 0 Å². The van der Waals surface area contributed by atoms with Crippen LogP contribution < -0.4 is 5.56 Å². The zero-order chi connectivity index (χ0) is 17.1. The summed E-state index contributed by atoms with van der Waals surface area (Å²) in [5, 5.41) is 1.93. The van der Waals surface area contributed by atoms with Gasteiger partial charge in [0.25, 0.3) is 5.56 Å². The van der Waals surface area contributed by atoms with Crippen molar-refractivity contribution < 1.29 is 13.9 Å². The number of carbonyl (C=O) groups excluding carboxylic acids is 1. The van der Waals surface area contributed by atoms with Gasteiger partial charge in [0.05, 0.1) is 10.7 Å². The first-order chi connectivity index (χ1) is 11.5. The lowest BCUT2D eigenvalue weighted by Crippen LogP contribution is -2.14. The molecule has 0 radical (unpaired) electrons. The van der Waals surface area contributed by atoms with E-state index in [-0.39, 0.29) is 22.8 Å². The van der Waals surface area contributed by atoms with Gasteiger partial charge in [0, 0.05) is 29.3 Å². The molecule has 0 spiro atoms. The van der Waals surface area contributed by atoms with Gasteiger partial charge in [-0.1, -0.05) is 17.7 Å². The minimum Gasteiger partial charge on any atom is -0.456 e. The molecule has 0 amide bonds. The lowest BCUT2D eigenvalue weighted by molar-refractivity contribution is -0.139. The zero-order valence-corrected chi connectivity index (χ0v) is 13.7. The molecule has 2 aromatic heterocycles. The highest BCUT2D eigenvalue weighted by Gasteiger charge is 2.07. The van der Waals surface area contributed by atoms with Crippen LogP contribution in [-0.2, 0) is 16.1 Å². The molecule has 0 N–H and O–H groups in total.